The molecule has 1 fully saturated rings. The van der Waals surface area contributed by atoms with Crippen LogP contribution in [0.2, 0.25) is 5.02 Å². The molecule has 1 aliphatic heterocycles. The minimum atomic E-state index is 0.749. The Hall–Kier alpha value is -2.79. The Morgan fingerprint density at radius 2 is 1.71 bits per heavy atom. The van der Waals surface area contributed by atoms with Gasteiger partial charge in [-0.3, -0.25) is 0 Å². The van der Waals surface area contributed by atoms with Gasteiger partial charge in [0.15, 0.2) is 0 Å². The van der Waals surface area contributed by atoms with E-state index >= 15 is 0 Å². The summed E-state index contributed by atoms with van der Waals surface area (Å²) in [4.78, 5) is 13.8. The van der Waals surface area contributed by atoms with E-state index < -0.39 is 0 Å². The highest BCUT2D eigenvalue weighted by Gasteiger charge is 2.19. The number of hydrogen-bond donors (Lipinski definition) is 1. The molecule has 144 valence electrons. The summed E-state index contributed by atoms with van der Waals surface area (Å²) >= 11 is 6.12. The molecule has 2 aromatic carbocycles. The lowest BCUT2D eigenvalue weighted by atomic mass is 10.1. The Kier molecular flexibility index (Phi) is 5.63. The standard InChI is InChI=1S/C22H24ClN5/c1-17-5-7-18(8-6-17)16-25-21-9-10-24-22(26-21)28-13-11-27(12-14-28)20-4-2-3-19(23)15-20/h2-10,15H,11-14,16H2,1H3,(H,24,25,26). The highest BCUT2D eigenvalue weighted by molar-refractivity contribution is 6.30. The first kappa shape index (κ1) is 18.6. The monoisotopic (exact) mass is 393 g/mol. The van der Waals surface area contributed by atoms with Crippen molar-refractivity contribution in [3.05, 3.63) is 76.9 Å². The molecule has 3 aromatic rings. The maximum absolute atomic E-state index is 6.12. The minimum absolute atomic E-state index is 0.749. The summed E-state index contributed by atoms with van der Waals surface area (Å²) < 4.78 is 0. The van der Waals surface area contributed by atoms with Gasteiger partial charge >= 0.3 is 0 Å². The van der Waals surface area contributed by atoms with Crippen molar-refractivity contribution in [2.45, 2.75) is 13.5 Å². The molecule has 2 heterocycles. The number of nitrogens with one attached hydrogen (secondary N) is 1. The molecule has 0 spiro atoms. The minimum Gasteiger partial charge on any atom is -0.368 e. The lowest BCUT2D eigenvalue weighted by molar-refractivity contribution is 0.640. The SMILES string of the molecule is Cc1ccc(CNc2ccnc(N3CCN(c4cccc(Cl)c4)CC3)n2)cc1. The van der Waals surface area contributed by atoms with Gasteiger partial charge in [-0.05, 0) is 36.8 Å². The summed E-state index contributed by atoms with van der Waals surface area (Å²) in [5.41, 5.74) is 3.67. The van der Waals surface area contributed by atoms with Crippen LogP contribution in [0.5, 0.6) is 0 Å². The smallest absolute Gasteiger partial charge is 0.227 e. The van der Waals surface area contributed by atoms with Gasteiger partial charge < -0.3 is 15.1 Å². The molecule has 5 nitrogen and oxygen atoms in total. The van der Waals surface area contributed by atoms with Crippen LogP contribution in [0.4, 0.5) is 17.5 Å². The number of halogens is 1. The quantitative estimate of drug-likeness (QED) is 0.697. The van der Waals surface area contributed by atoms with E-state index in [0.717, 1.165) is 49.5 Å². The Balaban J connectivity index is 1.36. The van der Waals surface area contributed by atoms with Gasteiger partial charge in [-0.25, -0.2) is 4.98 Å². The van der Waals surface area contributed by atoms with Crippen LogP contribution in [0.25, 0.3) is 0 Å². The molecular formula is C22H24ClN5. The van der Waals surface area contributed by atoms with Crippen LogP contribution in [-0.4, -0.2) is 36.1 Å². The van der Waals surface area contributed by atoms with E-state index in [4.69, 9.17) is 16.6 Å². The predicted molar refractivity (Wildman–Crippen MR) is 116 cm³/mol. The second-order valence-corrected chi connectivity index (χ2v) is 7.47. The number of rotatable bonds is 5. The third-order valence-corrected chi connectivity index (χ3v) is 5.21. The lowest BCUT2D eigenvalue weighted by Crippen LogP contribution is -2.47. The number of anilines is 3. The summed E-state index contributed by atoms with van der Waals surface area (Å²) in [7, 11) is 0. The van der Waals surface area contributed by atoms with E-state index in [-0.39, 0.29) is 0 Å². The second kappa shape index (κ2) is 8.48. The number of hydrogen-bond acceptors (Lipinski definition) is 5. The first-order valence-electron chi connectivity index (χ1n) is 9.55. The fourth-order valence-corrected chi connectivity index (χ4v) is 3.52. The average Bonchev–Trinajstić information content (AvgIpc) is 2.74. The number of benzene rings is 2. The van der Waals surface area contributed by atoms with Crippen LogP contribution in [0.15, 0.2) is 60.8 Å². The topological polar surface area (TPSA) is 44.3 Å². The zero-order chi connectivity index (χ0) is 19.3. The van der Waals surface area contributed by atoms with Crippen molar-refractivity contribution in [3.8, 4) is 0 Å². The maximum Gasteiger partial charge on any atom is 0.227 e. The van der Waals surface area contributed by atoms with Crippen molar-refractivity contribution >= 4 is 29.1 Å². The number of nitrogens with zero attached hydrogens (tertiary/aromatic N) is 4. The van der Waals surface area contributed by atoms with Gasteiger partial charge in [-0.1, -0.05) is 47.5 Å². The molecule has 1 N–H and O–H groups in total. The first-order valence-corrected chi connectivity index (χ1v) is 9.93. The molecule has 1 aliphatic rings. The van der Waals surface area contributed by atoms with Crippen molar-refractivity contribution in [1.29, 1.82) is 0 Å². The molecule has 0 bridgehead atoms. The van der Waals surface area contributed by atoms with E-state index in [0.29, 0.717) is 0 Å². The molecule has 0 amide bonds. The largest absolute Gasteiger partial charge is 0.368 e. The first-order chi connectivity index (χ1) is 13.7. The Morgan fingerprint density at radius 1 is 0.964 bits per heavy atom. The molecule has 4 rings (SSSR count). The highest BCUT2D eigenvalue weighted by Crippen LogP contribution is 2.22. The fourth-order valence-electron chi connectivity index (χ4n) is 3.34. The van der Waals surface area contributed by atoms with E-state index in [2.05, 4.69) is 57.4 Å². The van der Waals surface area contributed by atoms with Gasteiger partial charge in [0.2, 0.25) is 5.95 Å². The van der Waals surface area contributed by atoms with Crippen LogP contribution < -0.4 is 15.1 Å². The summed E-state index contributed by atoms with van der Waals surface area (Å²) in [5, 5.41) is 4.17. The molecule has 0 saturated carbocycles. The third kappa shape index (κ3) is 4.54. The lowest BCUT2D eigenvalue weighted by Gasteiger charge is -2.36. The van der Waals surface area contributed by atoms with Crippen LogP contribution in [-0.2, 0) is 6.54 Å². The molecule has 1 saturated heterocycles. The molecule has 6 heteroatoms. The van der Waals surface area contributed by atoms with Crippen LogP contribution in [0.1, 0.15) is 11.1 Å². The van der Waals surface area contributed by atoms with Gasteiger partial charge in [0.25, 0.3) is 0 Å². The summed E-state index contributed by atoms with van der Waals surface area (Å²) in [6, 6.07) is 18.5. The molecule has 0 aliphatic carbocycles. The van der Waals surface area contributed by atoms with Gasteiger partial charge in [0.05, 0.1) is 0 Å². The second-order valence-electron chi connectivity index (χ2n) is 7.04. The molecule has 0 unspecified atom stereocenters. The van der Waals surface area contributed by atoms with Crippen molar-refractivity contribution < 1.29 is 0 Å². The molecule has 0 atom stereocenters. The number of aromatic nitrogens is 2. The van der Waals surface area contributed by atoms with Crippen molar-refractivity contribution in [2.75, 3.05) is 41.3 Å². The Morgan fingerprint density at radius 3 is 2.46 bits per heavy atom. The molecule has 28 heavy (non-hydrogen) atoms. The van der Waals surface area contributed by atoms with E-state index in [1.165, 1.54) is 16.8 Å². The predicted octanol–water partition coefficient (Wildman–Crippen LogP) is 4.38. The Labute approximate surface area is 171 Å². The zero-order valence-electron chi connectivity index (χ0n) is 16.0. The van der Waals surface area contributed by atoms with E-state index in [9.17, 15) is 0 Å². The Bertz CT molecular complexity index is 920. The van der Waals surface area contributed by atoms with Gasteiger partial charge in [-0.2, -0.15) is 4.98 Å². The summed E-state index contributed by atoms with van der Waals surface area (Å²) in [6.45, 7) is 6.45. The number of piperazine rings is 1. The summed E-state index contributed by atoms with van der Waals surface area (Å²) in [5.74, 6) is 1.63. The van der Waals surface area contributed by atoms with Gasteiger partial charge in [-0.15, -0.1) is 0 Å². The van der Waals surface area contributed by atoms with Crippen LogP contribution >= 0.6 is 11.6 Å². The summed E-state index contributed by atoms with van der Waals surface area (Å²) in [6.07, 6.45) is 1.82. The van der Waals surface area contributed by atoms with Crippen molar-refractivity contribution in [2.24, 2.45) is 0 Å². The fraction of sp³-hybridized carbons (Fsp3) is 0.273. The molecular weight excluding hydrogens is 370 g/mol. The van der Waals surface area contributed by atoms with E-state index in [1.807, 2.05) is 30.5 Å². The maximum atomic E-state index is 6.12. The highest BCUT2D eigenvalue weighted by atomic mass is 35.5. The third-order valence-electron chi connectivity index (χ3n) is 4.97. The molecule has 1 aromatic heterocycles. The molecule has 0 radical (unpaired) electrons. The van der Waals surface area contributed by atoms with Crippen molar-refractivity contribution in [1.82, 2.24) is 9.97 Å². The average molecular weight is 394 g/mol. The van der Waals surface area contributed by atoms with Crippen LogP contribution in [0, 0.1) is 6.92 Å². The zero-order valence-corrected chi connectivity index (χ0v) is 16.7. The number of aryl methyl sites for hydroxylation is 1. The van der Waals surface area contributed by atoms with Gasteiger partial charge in [0.1, 0.15) is 5.82 Å². The van der Waals surface area contributed by atoms with Gasteiger partial charge in [0, 0.05) is 49.6 Å². The van der Waals surface area contributed by atoms with Crippen molar-refractivity contribution in [3.63, 3.8) is 0 Å². The normalized spacial score (nSPS) is 14.2. The van der Waals surface area contributed by atoms with Crippen LogP contribution in [0.3, 0.4) is 0 Å². The van der Waals surface area contributed by atoms with E-state index in [1.54, 1.807) is 0 Å².